The molecular weight excluding hydrogens is 362 g/mol. The van der Waals surface area contributed by atoms with Gasteiger partial charge in [0.05, 0.1) is 0 Å². The smallest absolute Gasteiger partial charge is 0.252 e. The molecule has 1 aromatic carbocycles. The van der Waals surface area contributed by atoms with Crippen LogP contribution in [0.4, 0.5) is 5.13 Å². The van der Waals surface area contributed by atoms with Crippen LogP contribution in [0.2, 0.25) is 0 Å². The molecule has 3 heterocycles. The molecule has 0 saturated heterocycles. The van der Waals surface area contributed by atoms with Crippen molar-refractivity contribution >= 4 is 28.3 Å². The number of hydrogen-bond acceptors (Lipinski definition) is 7. The average molecular weight is 379 g/mol. The van der Waals surface area contributed by atoms with Crippen LogP contribution in [0.3, 0.4) is 0 Å². The number of aromatic nitrogens is 6. The van der Waals surface area contributed by atoms with E-state index in [-0.39, 0.29) is 5.91 Å². The highest BCUT2D eigenvalue weighted by Crippen LogP contribution is 2.21. The molecule has 136 valence electrons. The monoisotopic (exact) mass is 379 g/mol. The summed E-state index contributed by atoms with van der Waals surface area (Å²) < 4.78 is 5.99. The number of anilines is 1. The molecule has 1 amide bonds. The van der Waals surface area contributed by atoms with E-state index in [0.717, 1.165) is 22.5 Å². The van der Waals surface area contributed by atoms with Gasteiger partial charge >= 0.3 is 0 Å². The van der Waals surface area contributed by atoms with Crippen molar-refractivity contribution in [3.8, 4) is 11.4 Å². The Kier molecular flexibility index (Phi) is 4.59. The first-order chi connectivity index (χ1) is 13.1. The fraction of sp³-hybridized carbons (Fsp3) is 0.222. The zero-order chi connectivity index (χ0) is 18.8. The lowest BCUT2D eigenvalue weighted by Crippen LogP contribution is -2.14. The van der Waals surface area contributed by atoms with Crippen molar-refractivity contribution < 1.29 is 4.79 Å². The van der Waals surface area contributed by atoms with Crippen LogP contribution in [-0.2, 0) is 11.2 Å². The number of amides is 1. The maximum atomic E-state index is 12.3. The summed E-state index contributed by atoms with van der Waals surface area (Å²) in [6.07, 6.45) is 2.37. The van der Waals surface area contributed by atoms with Crippen molar-refractivity contribution in [2.24, 2.45) is 0 Å². The van der Waals surface area contributed by atoms with Crippen LogP contribution < -0.4 is 5.32 Å². The van der Waals surface area contributed by atoms with E-state index in [1.165, 1.54) is 17.9 Å². The second-order valence-electron chi connectivity index (χ2n) is 6.07. The molecule has 0 unspecified atom stereocenters. The normalized spacial score (nSPS) is 11.0. The molecule has 3 aromatic heterocycles. The molecule has 8 nitrogen and oxygen atoms in total. The predicted molar refractivity (Wildman–Crippen MR) is 103 cm³/mol. The Morgan fingerprint density at radius 3 is 2.81 bits per heavy atom. The molecule has 0 saturated carbocycles. The highest BCUT2D eigenvalue weighted by molar-refractivity contribution is 7.10. The number of benzene rings is 1. The molecule has 0 aliphatic heterocycles. The summed E-state index contributed by atoms with van der Waals surface area (Å²) in [4.78, 5) is 25.3. The van der Waals surface area contributed by atoms with Crippen LogP contribution in [0.15, 0.2) is 36.7 Å². The lowest BCUT2D eigenvalue weighted by molar-refractivity contribution is -0.116. The summed E-state index contributed by atoms with van der Waals surface area (Å²) in [6.45, 7) is 3.88. The van der Waals surface area contributed by atoms with E-state index in [0.29, 0.717) is 29.6 Å². The van der Waals surface area contributed by atoms with Crippen molar-refractivity contribution in [2.45, 2.75) is 26.7 Å². The van der Waals surface area contributed by atoms with Gasteiger partial charge in [0.15, 0.2) is 5.82 Å². The first kappa shape index (κ1) is 17.2. The van der Waals surface area contributed by atoms with Crippen LogP contribution in [0.1, 0.15) is 23.4 Å². The third-order valence-corrected chi connectivity index (χ3v) is 4.93. The highest BCUT2D eigenvalue weighted by atomic mass is 32.1. The van der Waals surface area contributed by atoms with Gasteiger partial charge in [-0.3, -0.25) is 4.79 Å². The van der Waals surface area contributed by atoms with Crippen molar-refractivity contribution in [3.05, 3.63) is 53.6 Å². The number of nitrogens with one attached hydrogen (secondary N) is 1. The maximum Gasteiger partial charge on any atom is 0.252 e. The van der Waals surface area contributed by atoms with E-state index < -0.39 is 0 Å². The Hall–Kier alpha value is -3.20. The van der Waals surface area contributed by atoms with Gasteiger partial charge in [0, 0.05) is 34.9 Å². The van der Waals surface area contributed by atoms with E-state index in [4.69, 9.17) is 0 Å². The van der Waals surface area contributed by atoms with Crippen LogP contribution in [-0.4, -0.2) is 34.8 Å². The minimum Gasteiger partial charge on any atom is -0.301 e. The van der Waals surface area contributed by atoms with E-state index in [1.54, 1.807) is 4.52 Å². The van der Waals surface area contributed by atoms with Crippen LogP contribution in [0.25, 0.3) is 17.2 Å². The Morgan fingerprint density at radius 1 is 1.19 bits per heavy atom. The van der Waals surface area contributed by atoms with Gasteiger partial charge in [-0.25, -0.2) is 9.50 Å². The standard InChI is InChI=1S/C18H17N7OS/c1-11-14(12(2)25-17(21-11)19-10-20-25)8-9-15(26)22-18-23-16(24-27-18)13-6-4-3-5-7-13/h3-7,10H,8-9H2,1-2H3,(H,22,23,24,26). The molecule has 1 N–H and O–H groups in total. The molecule has 9 heteroatoms. The van der Waals surface area contributed by atoms with Crippen molar-refractivity contribution in [1.82, 2.24) is 28.9 Å². The summed E-state index contributed by atoms with van der Waals surface area (Å²) in [6, 6.07) is 9.67. The SMILES string of the molecule is Cc1nc2ncnn2c(C)c1CCC(=O)Nc1nc(-c2ccccc2)ns1. The lowest BCUT2D eigenvalue weighted by Gasteiger charge is -2.09. The summed E-state index contributed by atoms with van der Waals surface area (Å²) in [5.74, 6) is 1.08. The summed E-state index contributed by atoms with van der Waals surface area (Å²) in [7, 11) is 0. The number of carbonyl (C=O) groups excluding carboxylic acids is 1. The van der Waals surface area contributed by atoms with Gasteiger partial charge in [-0.2, -0.15) is 19.4 Å². The fourth-order valence-electron chi connectivity index (χ4n) is 2.92. The Bertz CT molecular complexity index is 1100. The largest absolute Gasteiger partial charge is 0.301 e. The molecule has 0 aliphatic rings. The number of carbonyl (C=O) groups is 1. The van der Waals surface area contributed by atoms with Gasteiger partial charge in [0.1, 0.15) is 6.33 Å². The molecule has 0 radical (unpaired) electrons. The second-order valence-corrected chi connectivity index (χ2v) is 6.82. The first-order valence-electron chi connectivity index (χ1n) is 8.46. The second kappa shape index (κ2) is 7.20. The molecule has 27 heavy (non-hydrogen) atoms. The topological polar surface area (TPSA) is 98.0 Å². The van der Waals surface area contributed by atoms with Crippen LogP contribution in [0, 0.1) is 13.8 Å². The Labute approximate surface area is 159 Å². The van der Waals surface area contributed by atoms with Crippen LogP contribution in [0.5, 0.6) is 0 Å². The molecule has 0 spiro atoms. The number of fused-ring (bicyclic) bond motifs is 1. The average Bonchev–Trinajstić information content (AvgIpc) is 3.32. The summed E-state index contributed by atoms with van der Waals surface area (Å²) >= 11 is 1.18. The van der Waals surface area contributed by atoms with Crippen molar-refractivity contribution in [2.75, 3.05) is 5.32 Å². The summed E-state index contributed by atoms with van der Waals surface area (Å²) in [5.41, 5.74) is 3.74. The quantitative estimate of drug-likeness (QED) is 0.573. The zero-order valence-electron chi connectivity index (χ0n) is 14.9. The van der Waals surface area contributed by atoms with Gasteiger partial charge < -0.3 is 5.32 Å². The van der Waals surface area contributed by atoms with Gasteiger partial charge in [0.2, 0.25) is 11.0 Å². The predicted octanol–water partition coefficient (Wildman–Crippen LogP) is 2.83. The summed E-state index contributed by atoms with van der Waals surface area (Å²) in [5, 5.41) is 7.49. The molecular formula is C18H17N7OS. The zero-order valence-corrected chi connectivity index (χ0v) is 15.7. The lowest BCUT2D eigenvalue weighted by atomic mass is 10.1. The van der Waals surface area contributed by atoms with E-state index in [2.05, 4.69) is 29.7 Å². The van der Waals surface area contributed by atoms with E-state index in [9.17, 15) is 4.79 Å². The van der Waals surface area contributed by atoms with Gasteiger partial charge in [-0.15, -0.1) is 0 Å². The Morgan fingerprint density at radius 2 is 2.00 bits per heavy atom. The minimum atomic E-state index is -0.108. The third kappa shape index (κ3) is 3.54. The fourth-order valence-corrected chi connectivity index (χ4v) is 3.52. The first-order valence-corrected chi connectivity index (χ1v) is 9.24. The molecule has 4 aromatic rings. The molecule has 0 aliphatic carbocycles. The maximum absolute atomic E-state index is 12.3. The Balaban J connectivity index is 1.43. The molecule has 0 atom stereocenters. The number of nitrogens with zero attached hydrogens (tertiary/aromatic N) is 6. The van der Waals surface area contributed by atoms with E-state index >= 15 is 0 Å². The number of hydrogen-bond donors (Lipinski definition) is 1. The minimum absolute atomic E-state index is 0.108. The van der Waals surface area contributed by atoms with Crippen molar-refractivity contribution in [1.29, 1.82) is 0 Å². The highest BCUT2D eigenvalue weighted by Gasteiger charge is 2.14. The number of rotatable bonds is 5. The molecule has 4 rings (SSSR count). The van der Waals surface area contributed by atoms with Crippen molar-refractivity contribution in [3.63, 3.8) is 0 Å². The third-order valence-electron chi connectivity index (χ3n) is 4.30. The van der Waals surface area contributed by atoms with E-state index in [1.807, 2.05) is 44.2 Å². The van der Waals surface area contributed by atoms with Gasteiger partial charge in [-0.05, 0) is 25.8 Å². The van der Waals surface area contributed by atoms with Gasteiger partial charge in [0.25, 0.3) is 5.78 Å². The molecule has 0 bridgehead atoms. The van der Waals surface area contributed by atoms with Crippen LogP contribution >= 0.6 is 11.5 Å². The van der Waals surface area contributed by atoms with Gasteiger partial charge in [-0.1, -0.05) is 30.3 Å². The number of aryl methyl sites for hydroxylation is 2. The molecule has 0 fully saturated rings.